The highest BCUT2D eigenvalue weighted by atomic mass is 35.5. The van der Waals surface area contributed by atoms with Gasteiger partial charge in [0.05, 0.1) is 18.2 Å². The SMILES string of the molecule is C=CCn1c(-c2ccc(Cl)cc2)nn(CN(C)C2CCS(=O)(=O)C2)c1=S. The van der Waals surface area contributed by atoms with Crippen molar-refractivity contribution < 1.29 is 8.42 Å². The minimum Gasteiger partial charge on any atom is -0.296 e. The maximum atomic E-state index is 11.7. The van der Waals surface area contributed by atoms with Gasteiger partial charge in [0.15, 0.2) is 20.4 Å². The number of nitrogens with zero attached hydrogens (tertiary/aromatic N) is 4. The highest BCUT2D eigenvalue weighted by molar-refractivity contribution is 7.91. The minimum atomic E-state index is -2.93. The van der Waals surface area contributed by atoms with E-state index in [1.54, 1.807) is 10.8 Å². The second kappa shape index (κ2) is 7.64. The van der Waals surface area contributed by atoms with E-state index in [0.717, 1.165) is 11.4 Å². The van der Waals surface area contributed by atoms with Crippen molar-refractivity contribution in [2.75, 3.05) is 18.6 Å². The smallest absolute Gasteiger partial charge is 0.199 e. The second-order valence-electron chi connectivity index (χ2n) is 6.47. The maximum absolute atomic E-state index is 11.7. The van der Waals surface area contributed by atoms with Gasteiger partial charge in [-0.3, -0.25) is 9.47 Å². The standard InChI is InChI=1S/C17H21ClN4O2S2/c1-3-9-21-16(13-4-6-14(18)7-5-13)19-22(17(21)25)12-20(2)15-8-10-26(23,24)11-15/h3-7,15H,1,8-12H2,2H3. The molecule has 9 heteroatoms. The molecule has 0 radical (unpaired) electrons. The van der Waals surface area contributed by atoms with Gasteiger partial charge >= 0.3 is 0 Å². The Labute approximate surface area is 163 Å². The quantitative estimate of drug-likeness (QED) is 0.539. The van der Waals surface area contributed by atoms with Crippen LogP contribution in [0.25, 0.3) is 11.4 Å². The molecule has 1 atom stereocenters. The van der Waals surface area contributed by atoms with Crippen molar-refractivity contribution >= 4 is 33.7 Å². The summed E-state index contributed by atoms with van der Waals surface area (Å²) in [5.74, 6) is 1.17. The van der Waals surface area contributed by atoms with Gasteiger partial charge < -0.3 is 0 Å². The van der Waals surface area contributed by atoms with Gasteiger partial charge in [0.25, 0.3) is 0 Å². The van der Waals surface area contributed by atoms with E-state index in [-0.39, 0.29) is 17.5 Å². The number of benzene rings is 1. The monoisotopic (exact) mass is 412 g/mol. The van der Waals surface area contributed by atoms with Crippen molar-refractivity contribution in [3.63, 3.8) is 0 Å². The van der Waals surface area contributed by atoms with Crippen LogP contribution in [0.5, 0.6) is 0 Å². The molecular weight excluding hydrogens is 392 g/mol. The zero-order valence-corrected chi connectivity index (χ0v) is 16.9. The lowest BCUT2D eigenvalue weighted by Crippen LogP contribution is -2.34. The van der Waals surface area contributed by atoms with Crippen molar-refractivity contribution in [3.8, 4) is 11.4 Å². The average Bonchev–Trinajstić information content (AvgIpc) is 3.10. The zero-order valence-electron chi connectivity index (χ0n) is 14.5. The average molecular weight is 413 g/mol. The Bertz CT molecular complexity index is 964. The molecule has 0 saturated carbocycles. The molecule has 1 aromatic heterocycles. The van der Waals surface area contributed by atoms with Crippen molar-refractivity contribution in [2.45, 2.75) is 25.7 Å². The molecule has 26 heavy (non-hydrogen) atoms. The van der Waals surface area contributed by atoms with Crippen LogP contribution in [0, 0.1) is 4.77 Å². The summed E-state index contributed by atoms with van der Waals surface area (Å²) < 4.78 is 27.7. The Morgan fingerprint density at radius 2 is 2.12 bits per heavy atom. The third kappa shape index (κ3) is 4.09. The molecule has 1 aromatic carbocycles. The van der Waals surface area contributed by atoms with Crippen LogP contribution >= 0.6 is 23.8 Å². The Hall–Kier alpha value is -1.48. The predicted molar refractivity (Wildman–Crippen MR) is 107 cm³/mol. The Kier molecular flexibility index (Phi) is 5.67. The third-order valence-corrected chi connectivity index (χ3v) is 6.96. The fourth-order valence-corrected chi connectivity index (χ4v) is 5.28. The molecule has 140 valence electrons. The largest absolute Gasteiger partial charge is 0.296 e. The van der Waals surface area contributed by atoms with Crippen molar-refractivity contribution in [1.82, 2.24) is 19.2 Å². The molecule has 1 saturated heterocycles. The first-order valence-corrected chi connectivity index (χ1v) is 10.9. The first-order valence-electron chi connectivity index (χ1n) is 8.26. The molecule has 2 aromatic rings. The van der Waals surface area contributed by atoms with Gasteiger partial charge in [0.2, 0.25) is 0 Å². The van der Waals surface area contributed by atoms with Gasteiger partial charge in [-0.25, -0.2) is 13.1 Å². The van der Waals surface area contributed by atoms with E-state index in [1.165, 1.54) is 0 Å². The Morgan fingerprint density at radius 3 is 2.69 bits per heavy atom. The topological polar surface area (TPSA) is 60.1 Å². The van der Waals surface area contributed by atoms with E-state index < -0.39 is 9.84 Å². The minimum absolute atomic E-state index is 0.00886. The molecule has 0 aliphatic carbocycles. The van der Waals surface area contributed by atoms with E-state index in [1.807, 2.05) is 40.8 Å². The molecule has 0 bridgehead atoms. The second-order valence-corrected chi connectivity index (χ2v) is 9.50. The van der Waals surface area contributed by atoms with Crippen LogP contribution in [0.2, 0.25) is 5.02 Å². The number of hydrogen-bond acceptors (Lipinski definition) is 5. The van der Waals surface area contributed by atoms with Crippen molar-refractivity contribution in [2.24, 2.45) is 0 Å². The summed E-state index contributed by atoms with van der Waals surface area (Å²) in [6.07, 6.45) is 2.41. The molecule has 0 amide bonds. The van der Waals surface area contributed by atoms with E-state index in [9.17, 15) is 8.42 Å². The van der Waals surface area contributed by atoms with Crippen LogP contribution in [0.3, 0.4) is 0 Å². The molecule has 1 unspecified atom stereocenters. The lowest BCUT2D eigenvalue weighted by Gasteiger charge is -2.22. The van der Waals surface area contributed by atoms with E-state index in [4.69, 9.17) is 23.8 Å². The summed E-state index contributed by atoms with van der Waals surface area (Å²) >= 11 is 11.6. The van der Waals surface area contributed by atoms with E-state index >= 15 is 0 Å². The van der Waals surface area contributed by atoms with Crippen LogP contribution < -0.4 is 0 Å². The lowest BCUT2D eigenvalue weighted by atomic mass is 10.2. The molecule has 0 N–H and O–H groups in total. The Balaban J connectivity index is 1.90. The Morgan fingerprint density at radius 1 is 1.42 bits per heavy atom. The van der Waals surface area contributed by atoms with Crippen LogP contribution in [0.4, 0.5) is 0 Å². The summed E-state index contributed by atoms with van der Waals surface area (Å²) in [5.41, 5.74) is 0.909. The fourth-order valence-electron chi connectivity index (χ4n) is 3.09. The summed E-state index contributed by atoms with van der Waals surface area (Å²) in [6.45, 7) is 4.77. The molecular formula is C17H21ClN4O2S2. The number of sulfone groups is 1. The zero-order chi connectivity index (χ0) is 18.9. The number of halogens is 1. The third-order valence-electron chi connectivity index (χ3n) is 4.53. The van der Waals surface area contributed by atoms with Crippen LogP contribution in [0.1, 0.15) is 6.42 Å². The van der Waals surface area contributed by atoms with Gasteiger partial charge in [0.1, 0.15) is 0 Å². The molecule has 0 spiro atoms. The number of hydrogen-bond donors (Lipinski definition) is 0. The van der Waals surface area contributed by atoms with Crippen LogP contribution in [0.15, 0.2) is 36.9 Å². The predicted octanol–water partition coefficient (Wildman–Crippen LogP) is 3.00. The van der Waals surface area contributed by atoms with E-state index in [0.29, 0.717) is 29.4 Å². The number of allylic oxidation sites excluding steroid dienone is 1. The molecule has 3 rings (SSSR count). The normalized spacial score (nSPS) is 19.1. The maximum Gasteiger partial charge on any atom is 0.199 e. The highest BCUT2D eigenvalue weighted by Gasteiger charge is 2.31. The first-order chi connectivity index (χ1) is 12.3. The molecule has 6 nitrogen and oxygen atoms in total. The van der Waals surface area contributed by atoms with Gasteiger partial charge in [-0.1, -0.05) is 17.7 Å². The van der Waals surface area contributed by atoms with Crippen molar-refractivity contribution in [3.05, 3.63) is 46.7 Å². The van der Waals surface area contributed by atoms with Crippen LogP contribution in [-0.4, -0.2) is 52.3 Å². The summed E-state index contributed by atoms with van der Waals surface area (Å²) in [6, 6.07) is 7.41. The van der Waals surface area contributed by atoms with E-state index in [2.05, 4.69) is 11.7 Å². The molecule has 1 aliphatic heterocycles. The van der Waals surface area contributed by atoms with Gasteiger partial charge in [-0.15, -0.1) is 6.58 Å². The lowest BCUT2D eigenvalue weighted by molar-refractivity contribution is 0.196. The summed E-state index contributed by atoms with van der Waals surface area (Å²) in [4.78, 5) is 2.00. The van der Waals surface area contributed by atoms with Crippen LogP contribution in [-0.2, 0) is 23.1 Å². The van der Waals surface area contributed by atoms with Gasteiger partial charge in [-0.2, -0.15) is 5.10 Å². The number of rotatable bonds is 6. The highest BCUT2D eigenvalue weighted by Crippen LogP contribution is 2.22. The first kappa shape index (κ1) is 19.3. The number of aromatic nitrogens is 3. The molecule has 2 heterocycles. The van der Waals surface area contributed by atoms with Gasteiger partial charge in [-0.05, 0) is 50.0 Å². The summed E-state index contributed by atoms with van der Waals surface area (Å²) in [7, 11) is -1.03. The molecule has 1 aliphatic rings. The molecule has 1 fully saturated rings. The van der Waals surface area contributed by atoms with Crippen molar-refractivity contribution in [1.29, 1.82) is 0 Å². The van der Waals surface area contributed by atoms with Gasteiger partial charge in [0, 0.05) is 23.2 Å². The fraction of sp³-hybridized carbons (Fsp3) is 0.412. The summed E-state index contributed by atoms with van der Waals surface area (Å²) in [5, 5.41) is 5.33.